The lowest BCUT2D eigenvalue weighted by Gasteiger charge is -2.07. The number of carbonyl (C=O) groups is 1. The Morgan fingerprint density at radius 1 is 1.23 bits per heavy atom. The minimum Gasteiger partial charge on any atom is -0.290 e. The number of hydrogen-bond acceptors (Lipinski definition) is 5. The van der Waals surface area contributed by atoms with Gasteiger partial charge in [-0.3, -0.25) is 19.8 Å². The summed E-state index contributed by atoms with van der Waals surface area (Å²) < 4.78 is 0.397. The van der Waals surface area contributed by atoms with E-state index in [1.54, 1.807) is 25.3 Å². The molecule has 0 saturated carbocycles. The number of thioether (sulfide) groups is 1. The van der Waals surface area contributed by atoms with Crippen LogP contribution in [-0.2, 0) is 4.79 Å². The second-order valence-corrected chi connectivity index (χ2v) is 7.54. The molecule has 0 aromatic heterocycles. The third kappa shape index (κ3) is 3.86. The maximum atomic E-state index is 12.5. The van der Waals surface area contributed by atoms with E-state index in [0.29, 0.717) is 20.1 Å². The molecular weight excluding hydrogens is 418 g/mol. The molecule has 0 unspecified atom stereocenters. The molecule has 3 rings (SSSR count). The quantitative estimate of drug-likeness (QED) is 0.393. The number of aliphatic imine (C=N–C) groups is 1. The molecular formula is C18H14BrN3O3S. The van der Waals surface area contributed by atoms with E-state index < -0.39 is 4.92 Å². The van der Waals surface area contributed by atoms with Crippen molar-refractivity contribution in [2.45, 2.75) is 6.92 Å². The number of nitro benzene ring substituents is 1. The van der Waals surface area contributed by atoms with Crippen molar-refractivity contribution in [3.63, 3.8) is 0 Å². The summed E-state index contributed by atoms with van der Waals surface area (Å²) in [5, 5.41) is 11.6. The molecule has 0 atom stereocenters. The molecule has 1 heterocycles. The lowest BCUT2D eigenvalue weighted by Crippen LogP contribution is -2.23. The summed E-state index contributed by atoms with van der Waals surface area (Å²) in [5.41, 5.74) is 2.44. The fourth-order valence-electron chi connectivity index (χ4n) is 2.29. The summed E-state index contributed by atoms with van der Waals surface area (Å²) in [6.07, 6.45) is 1.64. The third-order valence-corrected chi connectivity index (χ3v) is 5.46. The van der Waals surface area contributed by atoms with E-state index in [0.717, 1.165) is 11.3 Å². The maximum Gasteiger partial charge on any atom is 0.284 e. The zero-order valence-corrected chi connectivity index (χ0v) is 16.4. The standard InChI is InChI=1S/C18H14BrN3O3S/c1-11-3-6-13(7-4-11)20-18-21(2)17(23)16(26-18)10-12-5-8-14(19)15(9-12)22(24)25/h3-10H,1-2H3. The van der Waals surface area contributed by atoms with Gasteiger partial charge in [-0.1, -0.05) is 23.8 Å². The second-order valence-electron chi connectivity index (χ2n) is 5.67. The van der Waals surface area contributed by atoms with E-state index in [4.69, 9.17) is 0 Å². The van der Waals surface area contributed by atoms with E-state index in [9.17, 15) is 14.9 Å². The van der Waals surface area contributed by atoms with E-state index in [-0.39, 0.29) is 11.6 Å². The van der Waals surface area contributed by atoms with Gasteiger partial charge in [-0.05, 0) is 64.5 Å². The third-order valence-electron chi connectivity index (χ3n) is 3.73. The van der Waals surface area contributed by atoms with E-state index >= 15 is 0 Å². The predicted molar refractivity (Wildman–Crippen MR) is 107 cm³/mol. The number of rotatable bonds is 3. The van der Waals surface area contributed by atoms with Gasteiger partial charge in [0.05, 0.1) is 20.0 Å². The highest BCUT2D eigenvalue weighted by molar-refractivity contribution is 9.10. The molecule has 0 spiro atoms. The average molecular weight is 432 g/mol. The summed E-state index contributed by atoms with van der Waals surface area (Å²) in [6, 6.07) is 12.4. The van der Waals surface area contributed by atoms with Crippen molar-refractivity contribution in [2.24, 2.45) is 4.99 Å². The fraction of sp³-hybridized carbons (Fsp3) is 0.111. The molecule has 2 aromatic carbocycles. The summed E-state index contributed by atoms with van der Waals surface area (Å²) in [7, 11) is 1.66. The summed E-state index contributed by atoms with van der Waals surface area (Å²) >= 11 is 4.40. The molecule has 132 valence electrons. The van der Waals surface area contributed by atoms with Gasteiger partial charge in [-0.15, -0.1) is 0 Å². The Kier molecular flexibility index (Phi) is 5.24. The van der Waals surface area contributed by atoms with Crippen molar-refractivity contribution < 1.29 is 9.72 Å². The van der Waals surface area contributed by atoms with Crippen LogP contribution in [0.5, 0.6) is 0 Å². The number of likely N-dealkylation sites (N-methyl/N-ethyl adjacent to an activating group) is 1. The topological polar surface area (TPSA) is 75.8 Å². The van der Waals surface area contributed by atoms with Crippen molar-refractivity contribution in [3.05, 3.63) is 73.1 Å². The van der Waals surface area contributed by atoms with Crippen LogP contribution in [0.2, 0.25) is 0 Å². The highest BCUT2D eigenvalue weighted by Gasteiger charge is 2.30. The average Bonchev–Trinajstić information content (AvgIpc) is 2.86. The number of nitro groups is 1. The van der Waals surface area contributed by atoms with Crippen LogP contribution in [0.15, 0.2) is 56.8 Å². The van der Waals surface area contributed by atoms with Gasteiger partial charge in [0.25, 0.3) is 11.6 Å². The molecule has 2 aromatic rings. The SMILES string of the molecule is Cc1ccc(N=C2SC(=Cc3ccc(Br)c([N+](=O)[O-])c3)C(=O)N2C)cc1. The number of amides is 1. The molecule has 0 N–H and O–H groups in total. The highest BCUT2D eigenvalue weighted by atomic mass is 79.9. The molecule has 26 heavy (non-hydrogen) atoms. The Labute approximate surface area is 162 Å². The van der Waals surface area contributed by atoms with Gasteiger partial charge in [-0.2, -0.15) is 0 Å². The molecule has 1 fully saturated rings. The molecule has 1 aliphatic rings. The minimum atomic E-state index is -0.466. The molecule has 1 aliphatic heterocycles. The molecule has 6 nitrogen and oxygen atoms in total. The number of carbonyl (C=O) groups excluding carboxylic acids is 1. The highest BCUT2D eigenvalue weighted by Crippen LogP contribution is 2.34. The van der Waals surface area contributed by atoms with Crippen LogP contribution in [0, 0.1) is 17.0 Å². The lowest BCUT2D eigenvalue weighted by atomic mass is 10.2. The first-order valence-electron chi connectivity index (χ1n) is 7.62. The first kappa shape index (κ1) is 18.3. The van der Waals surface area contributed by atoms with Crippen molar-refractivity contribution in [1.29, 1.82) is 0 Å². The lowest BCUT2D eigenvalue weighted by molar-refractivity contribution is -0.385. The Balaban J connectivity index is 1.91. The maximum absolute atomic E-state index is 12.5. The monoisotopic (exact) mass is 431 g/mol. The van der Waals surface area contributed by atoms with Gasteiger partial charge in [0.15, 0.2) is 5.17 Å². The first-order chi connectivity index (χ1) is 12.3. The number of nitrogens with zero attached hydrogens (tertiary/aromatic N) is 3. The van der Waals surface area contributed by atoms with Crippen molar-refractivity contribution in [2.75, 3.05) is 7.05 Å². The van der Waals surface area contributed by atoms with Crippen LogP contribution < -0.4 is 0 Å². The molecule has 8 heteroatoms. The number of aryl methyl sites for hydroxylation is 1. The zero-order chi connectivity index (χ0) is 18.8. The van der Waals surface area contributed by atoms with Gasteiger partial charge in [0.2, 0.25) is 0 Å². The predicted octanol–water partition coefficient (Wildman–Crippen LogP) is 4.90. The normalized spacial score (nSPS) is 17.3. The second kappa shape index (κ2) is 7.43. The van der Waals surface area contributed by atoms with E-state index in [1.165, 1.54) is 22.7 Å². The van der Waals surface area contributed by atoms with Crippen LogP contribution in [0.4, 0.5) is 11.4 Å². The molecule has 0 aliphatic carbocycles. The van der Waals surface area contributed by atoms with Gasteiger partial charge in [0.1, 0.15) is 0 Å². The zero-order valence-electron chi connectivity index (χ0n) is 14.0. The van der Waals surface area contributed by atoms with E-state index in [1.807, 2.05) is 31.2 Å². The van der Waals surface area contributed by atoms with Crippen molar-refractivity contribution in [3.8, 4) is 0 Å². The number of amidine groups is 1. The number of halogens is 1. The van der Waals surface area contributed by atoms with Crippen LogP contribution in [-0.4, -0.2) is 27.9 Å². The van der Waals surface area contributed by atoms with Crippen LogP contribution in [0.3, 0.4) is 0 Å². The molecule has 0 bridgehead atoms. The Hall–Kier alpha value is -2.45. The summed E-state index contributed by atoms with van der Waals surface area (Å²) in [6.45, 7) is 2.00. The largest absolute Gasteiger partial charge is 0.290 e. The van der Waals surface area contributed by atoms with Crippen LogP contribution >= 0.6 is 27.7 Å². The van der Waals surface area contributed by atoms with Gasteiger partial charge in [-0.25, -0.2) is 4.99 Å². The summed E-state index contributed by atoms with van der Waals surface area (Å²) in [5.74, 6) is -0.188. The van der Waals surface area contributed by atoms with Gasteiger partial charge in [0, 0.05) is 13.1 Å². The minimum absolute atomic E-state index is 0.0447. The van der Waals surface area contributed by atoms with E-state index in [2.05, 4.69) is 20.9 Å². The Morgan fingerprint density at radius 2 is 1.92 bits per heavy atom. The number of hydrogen-bond donors (Lipinski definition) is 0. The van der Waals surface area contributed by atoms with Crippen molar-refractivity contribution >= 4 is 56.2 Å². The molecule has 1 saturated heterocycles. The smallest absolute Gasteiger partial charge is 0.284 e. The van der Waals surface area contributed by atoms with Crippen molar-refractivity contribution in [1.82, 2.24) is 4.90 Å². The van der Waals surface area contributed by atoms with Gasteiger partial charge < -0.3 is 0 Å². The summed E-state index contributed by atoms with van der Waals surface area (Å²) in [4.78, 5) is 29.5. The van der Waals surface area contributed by atoms with Crippen LogP contribution in [0.1, 0.15) is 11.1 Å². The van der Waals surface area contributed by atoms with Gasteiger partial charge >= 0.3 is 0 Å². The number of benzene rings is 2. The molecule has 0 radical (unpaired) electrons. The Morgan fingerprint density at radius 3 is 2.58 bits per heavy atom. The van der Waals surface area contributed by atoms with Crippen LogP contribution in [0.25, 0.3) is 6.08 Å². The Bertz CT molecular complexity index is 955. The first-order valence-corrected chi connectivity index (χ1v) is 9.23. The molecule has 1 amide bonds. The fourth-order valence-corrected chi connectivity index (χ4v) is 3.67.